The van der Waals surface area contributed by atoms with Crippen molar-refractivity contribution in [2.75, 3.05) is 5.32 Å². The summed E-state index contributed by atoms with van der Waals surface area (Å²) in [5, 5.41) is 11.9. The number of hydrogen-bond donors (Lipinski definition) is 3. The Morgan fingerprint density at radius 1 is 1.17 bits per heavy atom. The Morgan fingerprint density at radius 2 is 2.03 bits per heavy atom. The molecule has 1 aliphatic rings. The van der Waals surface area contributed by atoms with E-state index in [-0.39, 0.29) is 43.0 Å². The SMILES string of the molecule is O=C(CC[C@H]1NC(=O)c2ccccc2NC1=O)NCc1nc(-c2cccnc2)no1. The molecule has 3 aromatic rings. The van der Waals surface area contributed by atoms with Crippen molar-refractivity contribution >= 4 is 23.4 Å². The summed E-state index contributed by atoms with van der Waals surface area (Å²) in [7, 11) is 0. The zero-order chi connectivity index (χ0) is 20.9. The van der Waals surface area contributed by atoms with Gasteiger partial charge in [0.15, 0.2) is 0 Å². The van der Waals surface area contributed by atoms with Crippen LogP contribution in [0.25, 0.3) is 11.4 Å². The van der Waals surface area contributed by atoms with Crippen LogP contribution in [-0.2, 0) is 16.1 Å². The minimum absolute atomic E-state index is 0.0400. The summed E-state index contributed by atoms with van der Waals surface area (Å²) in [5.74, 6) is -0.398. The van der Waals surface area contributed by atoms with Crippen LogP contribution in [-0.4, -0.2) is 38.9 Å². The van der Waals surface area contributed by atoms with Gasteiger partial charge in [-0.05, 0) is 30.7 Å². The number of nitrogens with zero attached hydrogens (tertiary/aromatic N) is 3. The van der Waals surface area contributed by atoms with Gasteiger partial charge in [-0.3, -0.25) is 19.4 Å². The van der Waals surface area contributed by atoms with Crippen molar-refractivity contribution in [2.45, 2.75) is 25.4 Å². The quantitative estimate of drug-likeness (QED) is 0.560. The fourth-order valence-corrected chi connectivity index (χ4v) is 2.99. The number of carbonyl (C=O) groups is 3. The number of fused-ring (bicyclic) bond motifs is 1. The molecule has 10 nitrogen and oxygen atoms in total. The van der Waals surface area contributed by atoms with Crippen LogP contribution in [0.15, 0.2) is 53.3 Å². The molecule has 0 fully saturated rings. The van der Waals surface area contributed by atoms with E-state index in [1.165, 1.54) is 0 Å². The number of hydrogen-bond acceptors (Lipinski definition) is 7. The lowest BCUT2D eigenvalue weighted by molar-refractivity contribution is -0.122. The Morgan fingerprint density at radius 3 is 2.87 bits per heavy atom. The fourth-order valence-electron chi connectivity index (χ4n) is 2.99. The van der Waals surface area contributed by atoms with Gasteiger partial charge < -0.3 is 20.5 Å². The number of pyridine rings is 1. The third-order valence-electron chi connectivity index (χ3n) is 4.54. The van der Waals surface area contributed by atoms with Gasteiger partial charge in [0.05, 0.1) is 17.8 Å². The van der Waals surface area contributed by atoms with Gasteiger partial charge in [0.25, 0.3) is 5.91 Å². The first-order valence-corrected chi connectivity index (χ1v) is 9.30. The molecule has 1 aliphatic heterocycles. The second kappa shape index (κ2) is 8.52. The van der Waals surface area contributed by atoms with Crippen LogP contribution in [0.5, 0.6) is 0 Å². The molecule has 3 heterocycles. The van der Waals surface area contributed by atoms with Gasteiger partial charge in [-0.25, -0.2) is 0 Å². The van der Waals surface area contributed by atoms with Gasteiger partial charge in [-0.1, -0.05) is 17.3 Å². The van der Waals surface area contributed by atoms with Gasteiger partial charge in [-0.15, -0.1) is 0 Å². The van der Waals surface area contributed by atoms with Gasteiger partial charge >= 0.3 is 0 Å². The number of carbonyl (C=O) groups excluding carboxylic acids is 3. The maximum Gasteiger partial charge on any atom is 0.254 e. The lowest BCUT2D eigenvalue weighted by Crippen LogP contribution is -2.42. The number of nitrogens with one attached hydrogen (secondary N) is 3. The van der Waals surface area contributed by atoms with E-state index in [1.54, 1.807) is 48.8 Å². The second-order valence-electron chi connectivity index (χ2n) is 6.63. The molecule has 10 heteroatoms. The highest BCUT2D eigenvalue weighted by Crippen LogP contribution is 2.19. The molecule has 152 valence electrons. The highest BCUT2D eigenvalue weighted by Gasteiger charge is 2.27. The van der Waals surface area contributed by atoms with Gasteiger partial charge in [0.1, 0.15) is 6.04 Å². The van der Waals surface area contributed by atoms with Crippen molar-refractivity contribution in [3.05, 3.63) is 60.2 Å². The second-order valence-corrected chi connectivity index (χ2v) is 6.63. The summed E-state index contributed by atoms with van der Waals surface area (Å²) in [4.78, 5) is 45.0. The van der Waals surface area contributed by atoms with E-state index in [1.807, 2.05) is 0 Å². The van der Waals surface area contributed by atoms with Crippen molar-refractivity contribution in [3.63, 3.8) is 0 Å². The van der Waals surface area contributed by atoms with Crippen LogP contribution in [0.1, 0.15) is 29.1 Å². The first-order chi connectivity index (χ1) is 14.6. The minimum atomic E-state index is -0.809. The summed E-state index contributed by atoms with van der Waals surface area (Å²) >= 11 is 0. The summed E-state index contributed by atoms with van der Waals surface area (Å²) in [6.07, 6.45) is 3.44. The molecule has 0 saturated carbocycles. The van der Waals surface area contributed by atoms with Crippen LogP contribution in [0, 0.1) is 0 Å². The molecule has 3 N–H and O–H groups in total. The third kappa shape index (κ3) is 4.32. The molecule has 0 unspecified atom stereocenters. The number of anilines is 1. The molecule has 3 amide bonds. The van der Waals surface area contributed by atoms with Crippen molar-refractivity contribution in [1.29, 1.82) is 0 Å². The van der Waals surface area contributed by atoms with E-state index in [4.69, 9.17) is 4.52 Å². The Bertz CT molecular complexity index is 1080. The minimum Gasteiger partial charge on any atom is -0.347 e. The standard InChI is InChI=1S/C20H18N6O4/c27-16(22-11-17-25-18(26-30-17)12-4-3-9-21-10-12)8-7-15-20(29)23-14-6-2-1-5-13(14)19(28)24-15/h1-6,9-10,15H,7-8,11H2,(H,22,27)(H,23,29)(H,24,28)/t15-/m1/s1. The van der Waals surface area contributed by atoms with E-state index in [2.05, 4.69) is 31.1 Å². The average molecular weight is 406 g/mol. The van der Waals surface area contributed by atoms with E-state index in [9.17, 15) is 14.4 Å². The number of para-hydroxylation sites is 1. The van der Waals surface area contributed by atoms with Gasteiger partial charge in [0.2, 0.25) is 23.5 Å². The maximum atomic E-state index is 12.4. The van der Waals surface area contributed by atoms with E-state index in [0.29, 0.717) is 22.6 Å². The molecule has 0 aliphatic carbocycles. The molecule has 0 radical (unpaired) electrons. The van der Waals surface area contributed by atoms with Crippen molar-refractivity contribution < 1.29 is 18.9 Å². The van der Waals surface area contributed by atoms with Crippen LogP contribution >= 0.6 is 0 Å². The fraction of sp³-hybridized carbons (Fsp3) is 0.200. The third-order valence-corrected chi connectivity index (χ3v) is 4.54. The first-order valence-electron chi connectivity index (χ1n) is 9.30. The largest absolute Gasteiger partial charge is 0.347 e. The zero-order valence-electron chi connectivity index (χ0n) is 15.8. The summed E-state index contributed by atoms with van der Waals surface area (Å²) in [5.41, 5.74) is 1.54. The molecular weight excluding hydrogens is 388 g/mol. The highest BCUT2D eigenvalue weighted by atomic mass is 16.5. The molecule has 4 rings (SSSR count). The lowest BCUT2D eigenvalue weighted by Gasteiger charge is -2.14. The van der Waals surface area contributed by atoms with E-state index < -0.39 is 6.04 Å². The smallest absolute Gasteiger partial charge is 0.254 e. The van der Waals surface area contributed by atoms with Crippen LogP contribution in [0.3, 0.4) is 0 Å². The van der Waals surface area contributed by atoms with Gasteiger partial charge in [0, 0.05) is 24.4 Å². The molecule has 2 aromatic heterocycles. The van der Waals surface area contributed by atoms with Gasteiger partial charge in [-0.2, -0.15) is 4.98 Å². The van der Waals surface area contributed by atoms with Crippen LogP contribution in [0.4, 0.5) is 5.69 Å². The topological polar surface area (TPSA) is 139 Å². The number of aromatic nitrogens is 3. The predicted octanol–water partition coefficient (Wildman–Crippen LogP) is 1.28. The summed E-state index contributed by atoms with van der Waals surface area (Å²) < 4.78 is 5.12. The Balaban J connectivity index is 1.29. The first kappa shape index (κ1) is 19.2. The predicted molar refractivity (Wildman–Crippen MR) is 105 cm³/mol. The summed E-state index contributed by atoms with van der Waals surface area (Å²) in [6, 6.07) is 9.48. The number of benzene rings is 1. The lowest BCUT2D eigenvalue weighted by atomic mass is 10.1. The highest BCUT2D eigenvalue weighted by molar-refractivity contribution is 6.09. The van der Waals surface area contributed by atoms with E-state index in [0.717, 1.165) is 0 Å². The molecule has 0 bridgehead atoms. The summed E-state index contributed by atoms with van der Waals surface area (Å²) in [6.45, 7) is 0.0563. The number of amides is 3. The van der Waals surface area contributed by atoms with Crippen molar-refractivity contribution in [2.24, 2.45) is 0 Å². The van der Waals surface area contributed by atoms with Crippen LogP contribution < -0.4 is 16.0 Å². The average Bonchev–Trinajstić information content (AvgIpc) is 3.20. The Hall–Kier alpha value is -4.08. The Kier molecular flexibility index (Phi) is 5.46. The molecule has 0 spiro atoms. The van der Waals surface area contributed by atoms with Crippen molar-refractivity contribution in [3.8, 4) is 11.4 Å². The molecule has 1 atom stereocenters. The molecule has 1 aromatic carbocycles. The van der Waals surface area contributed by atoms with E-state index >= 15 is 0 Å². The normalized spacial score (nSPS) is 15.5. The van der Waals surface area contributed by atoms with Crippen molar-refractivity contribution in [1.82, 2.24) is 25.8 Å². The molecule has 0 saturated heterocycles. The zero-order valence-corrected chi connectivity index (χ0v) is 15.8. The van der Waals surface area contributed by atoms with Crippen LogP contribution in [0.2, 0.25) is 0 Å². The maximum absolute atomic E-state index is 12.4. The number of rotatable bonds is 6. The Labute approximate surface area is 171 Å². The molecule has 30 heavy (non-hydrogen) atoms. The molecular formula is C20H18N6O4. The monoisotopic (exact) mass is 406 g/mol.